The minimum Gasteiger partial charge on any atom is -0.310 e. The molecule has 1 nitrogen and oxygen atoms in total. The minimum absolute atomic E-state index is 0.498. The quantitative estimate of drug-likeness (QED) is 0.381. The fourth-order valence-electron chi connectivity index (χ4n) is 1.87. The predicted octanol–water partition coefficient (Wildman–Crippen LogP) is 4.63. The van der Waals surface area contributed by atoms with E-state index in [0.29, 0.717) is 12.5 Å². The maximum absolute atomic E-state index is 5.31. The molecule has 0 spiro atoms. The van der Waals surface area contributed by atoms with Crippen molar-refractivity contribution in [3.63, 3.8) is 0 Å². The van der Waals surface area contributed by atoms with E-state index in [4.69, 9.17) is 6.42 Å². The molecule has 0 aliphatic heterocycles. The summed E-state index contributed by atoms with van der Waals surface area (Å²) < 4.78 is 0. The van der Waals surface area contributed by atoms with E-state index in [1.807, 2.05) is 0 Å². The average Bonchev–Trinajstić information content (AvgIpc) is 2.36. The Morgan fingerprint density at radius 3 is 2.47 bits per heavy atom. The van der Waals surface area contributed by atoms with E-state index in [1.165, 1.54) is 16.7 Å². The van der Waals surface area contributed by atoms with E-state index in [2.05, 4.69) is 64.1 Å². The van der Waals surface area contributed by atoms with E-state index in [9.17, 15) is 0 Å². The Labute approximate surface area is 119 Å². The third kappa shape index (κ3) is 8.46. The SMILES string of the molecule is C#CC/C=C(/C)C(CNC(C)C/C=C\CC)=C(C)C. The van der Waals surface area contributed by atoms with Gasteiger partial charge in [0.25, 0.3) is 0 Å². The van der Waals surface area contributed by atoms with Gasteiger partial charge in [0.2, 0.25) is 0 Å². The standard InChI is InChI=1S/C18H29N/c1-7-9-11-13-17(6)19-14-18(15(3)4)16(5)12-10-8-2/h2,9,11-12,17,19H,7,10,13-14H2,1,3-6H3/b11-9-,16-12-. The van der Waals surface area contributed by atoms with Crippen molar-refractivity contribution in [2.45, 2.75) is 59.9 Å². The van der Waals surface area contributed by atoms with E-state index < -0.39 is 0 Å². The van der Waals surface area contributed by atoms with Crippen LogP contribution in [0, 0.1) is 12.3 Å². The van der Waals surface area contributed by atoms with Gasteiger partial charge in [-0.1, -0.05) is 30.7 Å². The van der Waals surface area contributed by atoms with Gasteiger partial charge in [-0.3, -0.25) is 0 Å². The lowest BCUT2D eigenvalue weighted by molar-refractivity contribution is 0.581. The van der Waals surface area contributed by atoms with Gasteiger partial charge in [0, 0.05) is 19.0 Å². The molecule has 1 unspecified atom stereocenters. The topological polar surface area (TPSA) is 12.0 Å². The monoisotopic (exact) mass is 259 g/mol. The lowest BCUT2D eigenvalue weighted by atomic mass is 10.0. The van der Waals surface area contributed by atoms with Crippen LogP contribution in [0.2, 0.25) is 0 Å². The summed E-state index contributed by atoms with van der Waals surface area (Å²) in [5.41, 5.74) is 4.03. The lowest BCUT2D eigenvalue weighted by Crippen LogP contribution is -2.28. The fraction of sp³-hybridized carbons (Fsp3) is 0.556. The van der Waals surface area contributed by atoms with Crippen molar-refractivity contribution in [3.05, 3.63) is 34.9 Å². The van der Waals surface area contributed by atoms with Crippen LogP contribution in [0.25, 0.3) is 0 Å². The number of nitrogens with one attached hydrogen (secondary N) is 1. The molecule has 106 valence electrons. The molecule has 19 heavy (non-hydrogen) atoms. The van der Waals surface area contributed by atoms with Crippen molar-refractivity contribution < 1.29 is 0 Å². The van der Waals surface area contributed by atoms with Crippen molar-refractivity contribution >= 4 is 0 Å². The first-order valence-electron chi connectivity index (χ1n) is 7.18. The maximum atomic E-state index is 5.31. The molecule has 0 aliphatic carbocycles. The summed E-state index contributed by atoms with van der Waals surface area (Å²) in [4.78, 5) is 0. The molecule has 0 aliphatic rings. The second-order valence-corrected chi connectivity index (χ2v) is 5.17. The molecular formula is C18H29N. The van der Waals surface area contributed by atoms with E-state index in [0.717, 1.165) is 19.4 Å². The van der Waals surface area contributed by atoms with Crippen molar-refractivity contribution in [2.24, 2.45) is 0 Å². The van der Waals surface area contributed by atoms with Gasteiger partial charge in [-0.15, -0.1) is 12.3 Å². The second kappa shape index (κ2) is 10.6. The largest absolute Gasteiger partial charge is 0.310 e. The summed E-state index contributed by atoms with van der Waals surface area (Å²) in [5.74, 6) is 2.66. The molecule has 1 atom stereocenters. The molecule has 1 N–H and O–H groups in total. The summed E-state index contributed by atoms with van der Waals surface area (Å²) in [5, 5.41) is 3.58. The van der Waals surface area contributed by atoms with Crippen molar-refractivity contribution in [2.75, 3.05) is 6.54 Å². The first-order chi connectivity index (χ1) is 9.02. The Hall–Kier alpha value is -1.26. The van der Waals surface area contributed by atoms with Gasteiger partial charge < -0.3 is 5.32 Å². The maximum Gasteiger partial charge on any atom is 0.0272 e. The summed E-state index contributed by atoms with van der Waals surface area (Å²) >= 11 is 0. The van der Waals surface area contributed by atoms with E-state index in [1.54, 1.807) is 0 Å². The summed E-state index contributed by atoms with van der Waals surface area (Å²) in [7, 11) is 0. The molecular weight excluding hydrogens is 230 g/mol. The van der Waals surface area contributed by atoms with Crippen LogP contribution in [0.1, 0.15) is 53.9 Å². The first-order valence-corrected chi connectivity index (χ1v) is 7.18. The van der Waals surface area contributed by atoms with Crippen LogP contribution >= 0.6 is 0 Å². The highest BCUT2D eigenvalue weighted by atomic mass is 14.9. The zero-order valence-electron chi connectivity index (χ0n) is 13.2. The lowest BCUT2D eigenvalue weighted by Gasteiger charge is -2.16. The normalized spacial score (nSPS) is 13.4. The zero-order chi connectivity index (χ0) is 14.7. The van der Waals surface area contributed by atoms with Gasteiger partial charge in [0.15, 0.2) is 0 Å². The molecule has 0 aromatic carbocycles. The molecule has 1 heteroatoms. The van der Waals surface area contributed by atoms with E-state index in [-0.39, 0.29) is 0 Å². The summed E-state index contributed by atoms with van der Waals surface area (Å²) in [6, 6.07) is 0.498. The van der Waals surface area contributed by atoms with Crippen LogP contribution in [0.4, 0.5) is 0 Å². The van der Waals surface area contributed by atoms with Crippen LogP contribution in [0.5, 0.6) is 0 Å². The summed E-state index contributed by atoms with van der Waals surface area (Å²) in [6.07, 6.45) is 14.8. The minimum atomic E-state index is 0.498. The Kier molecular flexibility index (Phi) is 9.94. The van der Waals surface area contributed by atoms with Crippen LogP contribution in [-0.4, -0.2) is 12.6 Å². The number of allylic oxidation sites excluding steroid dienone is 3. The van der Waals surface area contributed by atoms with Gasteiger partial charge in [0.1, 0.15) is 0 Å². The van der Waals surface area contributed by atoms with E-state index >= 15 is 0 Å². The van der Waals surface area contributed by atoms with Gasteiger partial charge >= 0.3 is 0 Å². The van der Waals surface area contributed by atoms with Crippen LogP contribution in [0.15, 0.2) is 34.9 Å². The van der Waals surface area contributed by atoms with Crippen LogP contribution < -0.4 is 5.32 Å². The molecule has 0 saturated heterocycles. The fourth-order valence-corrected chi connectivity index (χ4v) is 1.87. The number of rotatable bonds is 8. The second-order valence-electron chi connectivity index (χ2n) is 5.17. The zero-order valence-corrected chi connectivity index (χ0v) is 13.2. The molecule has 0 aromatic heterocycles. The Bertz CT molecular complexity index is 373. The first kappa shape index (κ1) is 17.7. The Morgan fingerprint density at radius 1 is 1.26 bits per heavy atom. The molecule has 0 saturated carbocycles. The predicted molar refractivity (Wildman–Crippen MR) is 87.1 cm³/mol. The molecule has 0 bridgehead atoms. The number of terminal acetylenes is 1. The van der Waals surface area contributed by atoms with Crippen LogP contribution in [-0.2, 0) is 0 Å². The smallest absolute Gasteiger partial charge is 0.0272 e. The molecule has 0 heterocycles. The molecule has 0 radical (unpaired) electrons. The Morgan fingerprint density at radius 2 is 1.95 bits per heavy atom. The van der Waals surface area contributed by atoms with Crippen molar-refractivity contribution in [1.29, 1.82) is 0 Å². The van der Waals surface area contributed by atoms with Crippen molar-refractivity contribution in [3.8, 4) is 12.3 Å². The number of hydrogen-bond donors (Lipinski definition) is 1. The molecule has 0 fully saturated rings. The van der Waals surface area contributed by atoms with Gasteiger partial charge in [-0.2, -0.15) is 0 Å². The molecule has 0 amide bonds. The third-order valence-corrected chi connectivity index (χ3v) is 3.12. The highest BCUT2D eigenvalue weighted by molar-refractivity contribution is 5.34. The van der Waals surface area contributed by atoms with Gasteiger partial charge in [-0.25, -0.2) is 0 Å². The average molecular weight is 259 g/mol. The van der Waals surface area contributed by atoms with Gasteiger partial charge in [-0.05, 0) is 51.7 Å². The highest BCUT2D eigenvalue weighted by Crippen LogP contribution is 2.14. The molecule has 0 aromatic rings. The number of hydrogen-bond acceptors (Lipinski definition) is 1. The molecule has 0 rings (SSSR count). The van der Waals surface area contributed by atoms with Crippen molar-refractivity contribution in [1.82, 2.24) is 5.32 Å². The third-order valence-electron chi connectivity index (χ3n) is 3.12. The highest BCUT2D eigenvalue weighted by Gasteiger charge is 2.05. The van der Waals surface area contributed by atoms with Gasteiger partial charge in [0.05, 0.1) is 0 Å². The van der Waals surface area contributed by atoms with Crippen LogP contribution in [0.3, 0.4) is 0 Å². The summed E-state index contributed by atoms with van der Waals surface area (Å²) in [6.45, 7) is 11.8. The Balaban J connectivity index is 4.44.